The van der Waals surface area contributed by atoms with Crippen molar-refractivity contribution >= 4 is 15.9 Å². The number of benzene rings is 1. The number of rotatable bonds is 3. The second-order valence-corrected chi connectivity index (χ2v) is 5.51. The van der Waals surface area contributed by atoms with Crippen LogP contribution < -0.4 is 10.1 Å². The first kappa shape index (κ1) is 13.5. The number of β-amino-alcohol motifs (C(OH)–C–C–N with tert-alkyl or cyclic N) is 1. The van der Waals surface area contributed by atoms with Crippen molar-refractivity contribution in [3.63, 3.8) is 0 Å². The second-order valence-electron chi connectivity index (χ2n) is 4.66. The zero-order chi connectivity index (χ0) is 14.1. The lowest BCUT2D eigenvalue weighted by atomic mass is 10.2. The van der Waals surface area contributed by atoms with E-state index in [1.54, 1.807) is 7.11 Å². The molecule has 6 nitrogen and oxygen atoms in total. The largest absolute Gasteiger partial charge is 0.496 e. The van der Waals surface area contributed by atoms with Crippen molar-refractivity contribution in [2.24, 2.45) is 0 Å². The van der Waals surface area contributed by atoms with Crippen molar-refractivity contribution in [2.45, 2.75) is 18.6 Å². The van der Waals surface area contributed by atoms with Crippen molar-refractivity contribution in [3.8, 4) is 17.1 Å². The Morgan fingerprint density at radius 2 is 2.35 bits per heavy atom. The number of aromatic nitrogens is 2. The topological polar surface area (TPSA) is 80.4 Å². The first-order valence-electron chi connectivity index (χ1n) is 6.26. The molecule has 1 aliphatic heterocycles. The molecule has 3 rings (SSSR count). The third-order valence-electron chi connectivity index (χ3n) is 3.26. The molecule has 0 aliphatic carbocycles. The van der Waals surface area contributed by atoms with Crippen molar-refractivity contribution < 1.29 is 14.4 Å². The highest BCUT2D eigenvalue weighted by Gasteiger charge is 2.28. The minimum atomic E-state index is -0.356. The standard InChI is InChI=1S/C13H14BrN3O3/c1-19-11-3-2-7(4-9(11)14)12-16-13(20-17-12)10-5-8(18)6-15-10/h2-4,8,10,15,18H,5-6H2,1H3/t8?,10-/m0/s1. The molecule has 1 unspecified atom stereocenters. The van der Waals surface area contributed by atoms with Crippen LogP contribution in [0.15, 0.2) is 27.2 Å². The fraction of sp³-hybridized carbons (Fsp3) is 0.385. The number of aliphatic hydroxyl groups is 1. The molecule has 2 heterocycles. The number of nitrogens with one attached hydrogen (secondary N) is 1. The van der Waals surface area contributed by atoms with Crippen LogP contribution in [0.25, 0.3) is 11.4 Å². The summed E-state index contributed by atoms with van der Waals surface area (Å²) < 4.78 is 11.3. The average molecular weight is 340 g/mol. The molecule has 1 fully saturated rings. The highest BCUT2D eigenvalue weighted by Crippen LogP contribution is 2.30. The molecule has 2 aromatic rings. The van der Waals surface area contributed by atoms with Gasteiger partial charge in [-0.05, 0) is 40.5 Å². The summed E-state index contributed by atoms with van der Waals surface area (Å²) in [5.74, 6) is 1.77. The van der Waals surface area contributed by atoms with Crippen LogP contribution in [0.4, 0.5) is 0 Å². The van der Waals surface area contributed by atoms with Crippen LogP contribution >= 0.6 is 15.9 Å². The highest BCUT2D eigenvalue weighted by atomic mass is 79.9. The molecule has 0 amide bonds. The maximum absolute atomic E-state index is 9.51. The number of aliphatic hydroxyl groups excluding tert-OH is 1. The number of hydrogen-bond acceptors (Lipinski definition) is 6. The average Bonchev–Trinajstić information content (AvgIpc) is 3.07. The maximum atomic E-state index is 9.51. The number of halogens is 1. The van der Waals surface area contributed by atoms with E-state index in [1.165, 1.54) is 0 Å². The molecule has 0 radical (unpaired) electrons. The number of methoxy groups -OCH3 is 1. The summed E-state index contributed by atoms with van der Waals surface area (Å²) >= 11 is 3.43. The van der Waals surface area contributed by atoms with E-state index in [9.17, 15) is 5.11 Å². The Bertz CT molecular complexity index is 617. The predicted molar refractivity (Wildman–Crippen MR) is 75.4 cm³/mol. The van der Waals surface area contributed by atoms with Crippen LogP contribution in [-0.2, 0) is 0 Å². The van der Waals surface area contributed by atoms with Gasteiger partial charge in [-0.25, -0.2) is 0 Å². The molecule has 1 aliphatic rings. The van der Waals surface area contributed by atoms with Gasteiger partial charge >= 0.3 is 0 Å². The fourth-order valence-corrected chi connectivity index (χ4v) is 2.75. The lowest BCUT2D eigenvalue weighted by Gasteiger charge is -2.03. The van der Waals surface area contributed by atoms with Gasteiger partial charge in [-0.2, -0.15) is 4.98 Å². The third kappa shape index (κ3) is 2.56. The van der Waals surface area contributed by atoms with E-state index in [4.69, 9.17) is 9.26 Å². The molecule has 7 heteroatoms. The Hall–Kier alpha value is -1.44. The van der Waals surface area contributed by atoms with E-state index >= 15 is 0 Å². The maximum Gasteiger partial charge on any atom is 0.244 e. The van der Waals surface area contributed by atoms with Crippen LogP contribution in [0.1, 0.15) is 18.4 Å². The molecule has 0 bridgehead atoms. The molecule has 0 saturated carbocycles. The molecule has 1 saturated heterocycles. The van der Waals surface area contributed by atoms with Crippen LogP contribution in [-0.4, -0.2) is 35.0 Å². The zero-order valence-electron chi connectivity index (χ0n) is 10.8. The van der Waals surface area contributed by atoms with E-state index in [1.807, 2.05) is 18.2 Å². The molecule has 20 heavy (non-hydrogen) atoms. The Kier molecular flexibility index (Phi) is 3.73. The number of nitrogens with zero attached hydrogens (tertiary/aromatic N) is 2. The molecule has 1 aromatic carbocycles. The summed E-state index contributed by atoms with van der Waals surface area (Å²) in [6.45, 7) is 0.552. The third-order valence-corrected chi connectivity index (χ3v) is 3.88. The van der Waals surface area contributed by atoms with Crippen molar-refractivity contribution in [1.82, 2.24) is 15.5 Å². The van der Waals surface area contributed by atoms with Gasteiger partial charge in [0.1, 0.15) is 5.75 Å². The van der Waals surface area contributed by atoms with Gasteiger partial charge in [-0.15, -0.1) is 0 Å². The fourth-order valence-electron chi connectivity index (χ4n) is 2.20. The molecular weight excluding hydrogens is 326 g/mol. The summed E-state index contributed by atoms with van der Waals surface area (Å²) in [5.41, 5.74) is 0.839. The van der Waals surface area contributed by atoms with Crippen LogP contribution in [0.5, 0.6) is 5.75 Å². The van der Waals surface area contributed by atoms with Crippen LogP contribution in [0.3, 0.4) is 0 Å². The summed E-state index contributed by atoms with van der Waals surface area (Å²) in [5, 5.41) is 16.6. The van der Waals surface area contributed by atoms with E-state index in [0.29, 0.717) is 24.7 Å². The first-order valence-corrected chi connectivity index (χ1v) is 7.05. The van der Waals surface area contributed by atoms with Crippen molar-refractivity contribution in [3.05, 3.63) is 28.6 Å². The van der Waals surface area contributed by atoms with Crippen LogP contribution in [0.2, 0.25) is 0 Å². The summed E-state index contributed by atoms with van der Waals surface area (Å²) in [7, 11) is 1.61. The van der Waals surface area contributed by atoms with Gasteiger partial charge in [-0.3, -0.25) is 0 Å². The molecule has 0 spiro atoms. The highest BCUT2D eigenvalue weighted by molar-refractivity contribution is 9.10. The van der Waals surface area contributed by atoms with E-state index < -0.39 is 0 Å². The Balaban J connectivity index is 1.84. The lowest BCUT2D eigenvalue weighted by molar-refractivity contribution is 0.191. The predicted octanol–water partition coefficient (Wildman–Crippen LogP) is 1.90. The molecule has 1 aromatic heterocycles. The van der Waals surface area contributed by atoms with Gasteiger partial charge in [0.15, 0.2) is 0 Å². The molecule has 2 atom stereocenters. The normalized spacial score (nSPS) is 22.1. The molecular formula is C13H14BrN3O3. The van der Waals surface area contributed by atoms with Gasteiger partial charge in [-0.1, -0.05) is 5.16 Å². The van der Waals surface area contributed by atoms with Gasteiger partial charge in [0, 0.05) is 12.1 Å². The van der Waals surface area contributed by atoms with E-state index in [-0.39, 0.29) is 12.1 Å². The Morgan fingerprint density at radius 1 is 1.50 bits per heavy atom. The van der Waals surface area contributed by atoms with Crippen LogP contribution in [0, 0.1) is 0 Å². The van der Waals surface area contributed by atoms with Gasteiger partial charge in [0.25, 0.3) is 0 Å². The summed E-state index contributed by atoms with van der Waals surface area (Å²) in [6, 6.07) is 5.51. The monoisotopic (exact) mass is 339 g/mol. The SMILES string of the molecule is COc1ccc(-c2noc([C@@H]3CC(O)CN3)n2)cc1Br. The van der Waals surface area contributed by atoms with Crippen molar-refractivity contribution in [2.75, 3.05) is 13.7 Å². The number of ether oxygens (including phenoxy) is 1. The Morgan fingerprint density at radius 3 is 3.00 bits per heavy atom. The van der Waals surface area contributed by atoms with Gasteiger partial charge in [0.2, 0.25) is 11.7 Å². The second kappa shape index (κ2) is 5.51. The molecule has 106 valence electrons. The summed E-state index contributed by atoms with van der Waals surface area (Å²) in [6.07, 6.45) is 0.235. The zero-order valence-corrected chi connectivity index (χ0v) is 12.4. The minimum Gasteiger partial charge on any atom is -0.496 e. The first-order chi connectivity index (χ1) is 9.67. The van der Waals surface area contributed by atoms with Gasteiger partial charge < -0.3 is 19.7 Å². The van der Waals surface area contributed by atoms with E-state index in [0.717, 1.165) is 15.8 Å². The quantitative estimate of drug-likeness (QED) is 0.888. The number of hydrogen-bond donors (Lipinski definition) is 2. The smallest absolute Gasteiger partial charge is 0.244 e. The molecule has 2 N–H and O–H groups in total. The summed E-state index contributed by atoms with van der Waals surface area (Å²) in [4.78, 5) is 4.38. The lowest BCUT2D eigenvalue weighted by Crippen LogP contribution is -2.15. The Labute approximate surface area is 124 Å². The minimum absolute atomic E-state index is 0.0760. The van der Waals surface area contributed by atoms with Crippen molar-refractivity contribution in [1.29, 1.82) is 0 Å². The van der Waals surface area contributed by atoms with Gasteiger partial charge in [0.05, 0.1) is 23.7 Å². The van der Waals surface area contributed by atoms with E-state index in [2.05, 4.69) is 31.4 Å².